The zero-order valence-electron chi connectivity index (χ0n) is 27.3. The van der Waals surface area contributed by atoms with Gasteiger partial charge in [-0.15, -0.1) is 0 Å². The molecule has 2 amide bonds. The van der Waals surface area contributed by atoms with Gasteiger partial charge in [0.05, 0.1) is 19.5 Å². The highest BCUT2D eigenvalue weighted by Gasteiger charge is 2.50. The molecule has 0 bridgehead atoms. The number of aliphatic imine (C=N–C) groups is 1. The van der Waals surface area contributed by atoms with Crippen LogP contribution in [-0.4, -0.2) is 125 Å². The van der Waals surface area contributed by atoms with Crippen LogP contribution in [0.25, 0.3) is 0 Å². The van der Waals surface area contributed by atoms with E-state index in [4.69, 9.17) is 19.5 Å². The molecular weight excluding hydrogens is 771 g/mol. The molecule has 1 saturated heterocycles. The van der Waals surface area contributed by atoms with Crippen molar-refractivity contribution in [3.05, 3.63) is 12.0 Å². The summed E-state index contributed by atoms with van der Waals surface area (Å²) in [6.45, 7) is 1.96. The summed E-state index contributed by atoms with van der Waals surface area (Å²) in [5.41, 5.74) is 4.37. The van der Waals surface area contributed by atoms with Gasteiger partial charge in [0.15, 0.2) is 11.3 Å². The third-order valence-corrected chi connectivity index (χ3v) is 10.9. The molecule has 0 aromatic carbocycles. The molecule has 1 aromatic rings. The lowest BCUT2D eigenvalue weighted by atomic mass is 9.87. The number of thioether (sulfide) groups is 1. The normalized spacial score (nSPS) is 23.6. The van der Waals surface area contributed by atoms with Gasteiger partial charge in [-0.25, -0.2) is 23.7 Å². The van der Waals surface area contributed by atoms with Crippen LogP contribution in [0.5, 0.6) is 0 Å². The molecule has 2 aliphatic rings. The molecule has 0 aliphatic carbocycles. The standard InChI is InChI=1S/C23H40N7O17P3S/c1-12(31)51-7-6-25-14(32)4-5-26-21(35)18(34)23(2,3)9-44-50(41,42)47-49(39,40)43-8-13-17(46-48(36,37)38)16(33)22(45-13)30-11-29-15-19(24)27-10-28-20(15)30/h11,13,16-18,22,28,33-34H,4-10H2,1-3H3,(H2,24,27)(H,25,32)(H,26,35)(H,39,40)(H,41,42)(H2,36,37,38). The zero-order chi connectivity index (χ0) is 38.4. The Bertz CT molecular complexity index is 1610. The van der Waals surface area contributed by atoms with Gasteiger partial charge < -0.3 is 56.2 Å². The second-order valence-electron chi connectivity index (χ2n) is 11.6. The van der Waals surface area contributed by atoms with Gasteiger partial charge in [0.1, 0.15) is 48.4 Å². The zero-order valence-corrected chi connectivity index (χ0v) is 30.8. The maximum Gasteiger partial charge on any atom is 0.481 e. The van der Waals surface area contributed by atoms with Crippen molar-refractivity contribution in [2.45, 2.75) is 57.8 Å². The quantitative estimate of drug-likeness (QED) is 0.0547. The van der Waals surface area contributed by atoms with E-state index in [0.29, 0.717) is 5.75 Å². The van der Waals surface area contributed by atoms with E-state index in [1.165, 1.54) is 31.7 Å². The van der Waals surface area contributed by atoms with Crippen molar-refractivity contribution in [1.29, 1.82) is 0 Å². The fraction of sp³-hybridized carbons (Fsp3) is 0.696. The Hall–Kier alpha value is -2.31. The van der Waals surface area contributed by atoms with E-state index in [0.717, 1.165) is 11.8 Å². The van der Waals surface area contributed by atoms with Crippen LogP contribution in [0.4, 0.5) is 5.82 Å². The Morgan fingerprint density at radius 1 is 1.16 bits per heavy atom. The number of carbonyl (C=O) groups excluding carboxylic acids is 3. The molecule has 290 valence electrons. The lowest BCUT2D eigenvalue weighted by Crippen LogP contribution is -2.46. The highest BCUT2D eigenvalue weighted by atomic mass is 32.2. The smallest absolute Gasteiger partial charge is 0.386 e. The first-order chi connectivity index (χ1) is 23.5. The van der Waals surface area contributed by atoms with Gasteiger partial charge in [-0.05, 0) is 0 Å². The van der Waals surface area contributed by atoms with Gasteiger partial charge in [0.25, 0.3) is 0 Å². The van der Waals surface area contributed by atoms with Crippen LogP contribution in [0.1, 0.15) is 39.1 Å². The number of aliphatic hydroxyl groups is 2. The summed E-state index contributed by atoms with van der Waals surface area (Å²) in [5.74, 6) is -0.779. The molecule has 0 radical (unpaired) electrons. The number of rotatable bonds is 19. The number of phosphoric ester groups is 3. The maximum atomic E-state index is 12.6. The maximum absolute atomic E-state index is 12.6. The average molecular weight is 812 g/mol. The van der Waals surface area contributed by atoms with E-state index in [-0.39, 0.29) is 48.6 Å². The summed E-state index contributed by atoms with van der Waals surface area (Å²) in [7, 11) is -16.3. The Morgan fingerprint density at radius 3 is 2.47 bits per heavy atom. The van der Waals surface area contributed by atoms with E-state index in [2.05, 4.69) is 34.8 Å². The number of aromatic nitrogens is 2. The summed E-state index contributed by atoms with van der Waals surface area (Å²) >= 11 is 1.03. The number of amidine groups is 1. The lowest BCUT2D eigenvalue weighted by molar-refractivity contribution is -0.137. The van der Waals surface area contributed by atoms with Crippen molar-refractivity contribution < 1.29 is 80.5 Å². The van der Waals surface area contributed by atoms with E-state index in [9.17, 15) is 57.9 Å². The number of fused-ring (bicyclic) bond motifs is 1. The highest BCUT2D eigenvalue weighted by molar-refractivity contribution is 8.13. The molecule has 0 spiro atoms. The predicted octanol–water partition coefficient (Wildman–Crippen LogP) is -1.75. The van der Waals surface area contributed by atoms with Crippen LogP contribution in [0.2, 0.25) is 0 Å². The number of carbonyl (C=O) groups is 3. The number of hydrogen-bond donors (Lipinski definition) is 10. The molecule has 0 saturated carbocycles. The van der Waals surface area contributed by atoms with Crippen LogP contribution in [0.15, 0.2) is 11.3 Å². The Morgan fingerprint density at radius 2 is 1.82 bits per heavy atom. The Balaban J connectivity index is 1.54. The number of imidazole rings is 1. The molecule has 11 N–H and O–H groups in total. The van der Waals surface area contributed by atoms with Crippen molar-refractivity contribution in [1.82, 2.24) is 20.2 Å². The first-order valence-electron chi connectivity index (χ1n) is 14.7. The van der Waals surface area contributed by atoms with Gasteiger partial charge in [0, 0.05) is 37.6 Å². The van der Waals surface area contributed by atoms with Crippen molar-refractivity contribution >= 4 is 63.8 Å². The van der Waals surface area contributed by atoms with Crippen LogP contribution in [0, 0.1) is 5.41 Å². The second-order valence-corrected chi connectivity index (χ2v) is 17.1. The molecule has 7 unspecified atom stereocenters. The summed E-state index contributed by atoms with van der Waals surface area (Å²) in [6.07, 6.45) is -7.76. The number of nitrogens with zero attached hydrogens (tertiary/aromatic N) is 3. The van der Waals surface area contributed by atoms with E-state index >= 15 is 0 Å². The third kappa shape index (κ3) is 12.9. The fourth-order valence-electron chi connectivity index (χ4n) is 4.46. The number of aliphatic hydroxyl groups excluding tert-OH is 2. The molecular formula is C23H40N7O17P3S. The van der Waals surface area contributed by atoms with Gasteiger partial charge >= 0.3 is 23.5 Å². The Kier molecular flexibility index (Phi) is 14.9. The first-order valence-corrected chi connectivity index (χ1v) is 20.2. The minimum Gasteiger partial charge on any atom is -0.386 e. The fourth-order valence-corrected chi connectivity index (χ4v) is 7.78. The summed E-state index contributed by atoms with van der Waals surface area (Å²) in [5, 5.41) is 28.9. The van der Waals surface area contributed by atoms with Crippen molar-refractivity contribution in [3.8, 4) is 0 Å². The molecule has 1 fully saturated rings. The van der Waals surface area contributed by atoms with Crippen LogP contribution in [0.3, 0.4) is 0 Å². The minimum absolute atomic E-state index is 0.0188. The highest BCUT2D eigenvalue weighted by Crippen LogP contribution is 2.61. The predicted molar refractivity (Wildman–Crippen MR) is 174 cm³/mol. The van der Waals surface area contributed by atoms with Crippen LogP contribution < -0.4 is 21.7 Å². The van der Waals surface area contributed by atoms with Gasteiger partial charge in [-0.3, -0.25) is 32.5 Å². The monoisotopic (exact) mass is 811 g/mol. The van der Waals surface area contributed by atoms with Gasteiger partial charge in [0.2, 0.25) is 11.8 Å². The molecule has 3 heterocycles. The topological polar surface area (TPSA) is 362 Å². The van der Waals surface area contributed by atoms with Crippen LogP contribution in [-0.2, 0) is 50.7 Å². The molecule has 24 nitrogen and oxygen atoms in total. The molecule has 51 heavy (non-hydrogen) atoms. The molecule has 2 aliphatic heterocycles. The van der Waals surface area contributed by atoms with Gasteiger partial charge in [-0.2, -0.15) is 4.31 Å². The molecule has 7 atom stereocenters. The lowest BCUT2D eigenvalue weighted by Gasteiger charge is -2.30. The van der Waals surface area contributed by atoms with Crippen molar-refractivity contribution in [2.75, 3.05) is 44.0 Å². The number of hydrogen-bond acceptors (Lipinski definition) is 18. The van der Waals surface area contributed by atoms with E-state index < -0.39 is 84.6 Å². The largest absolute Gasteiger partial charge is 0.481 e. The number of ether oxygens (including phenoxy) is 1. The average Bonchev–Trinajstić information content (AvgIpc) is 3.57. The van der Waals surface area contributed by atoms with Crippen molar-refractivity contribution in [3.63, 3.8) is 0 Å². The number of nitrogens with one attached hydrogen (secondary N) is 3. The molecule has 1 aromatic heterocycles. The number of phosphoric acid groups is 3. The Labute approximate surface area is 294 Å². The number of nitrogens with two attached hydrogens (primary N) is 1. The SMILES string of the molecule is CC(=O)SCCNC(=O)CCNC(=O)C(O)C(C)(C)COP(=O)(O)OP(=O)(O)OCC1OC(n2cnc3c2NCN=C3N)C(O)C1OP(=O)(O)O. The summed E-state index contributed by atoms with van der Waals surface area (Å²) in [6, 6.07) is 0. The van der Waals surface area contributed by atoms with Crippen molar-refractivity contribution in [2.24, 2.45) is 16.1 Å². The minimum atomic E-state index is -5.55. The summed E-state index contributed by atoms with van der Waals surface area (Å²) in [4.78, 5) is 82.2. The number of amides is 2. The summed E-state index contributed by atoms with van der Waals surface area (Å²) < 4.78 is 62.0. The molecule has 3 rings (SSSR count). The van der Waals surface area contributed by atoms with E-state index in [1.54, 1.807) is 0 Å². The van der Waals surface area contributed by atoms with Gasteiger partial charge in [-0.1, -0.05) is 25.6 Å². The van der Waals surface area contributed by atoms with Crippen LogP contribution >= 0.6 is 35.2 Å². The second kappa shape index (κ2) is 17.7. The van der Waals surface area contributed by atoms with E-state index in [1.807, 2.05) is 0 Å². The molecule has 28 heteroatoms. The number of anilines is 1. The first kappa shape index (κ1) is 43.1. The third-order valence-electron chi connectivity index (χ3n) is 6.95.